The Morgan fingerprint density at radius 3 is 2.11 bits per heavy atom. The summed E-state index contributed by atoms with van der Waals surface area (Å²) >= 11 is 0. The van der Waals surface area contributed by atoms with Crippen LogP contribution in [0.15, 0.2) is 24.3 Å². The van der Waals surface area contributed by atoms with Crippen LogP contribution < -0.4 is 10.2 Å². The van der Waals surface area contributed by atoms with Crippen molar-refractivity contribution in [3.05, 3.63) is 35.4 Å². The van der Waals surface area contributed by atoms with Gasteiger partial charge in [0.1, 0.15) is 17.3 Å². The van der Waals surface area contributed by atoms with E-state index in [9.17, 15) is 10.7 Å². The van der Waals surface area contributed by atoms with Crippen molar-refractivity contribution >= 4 is 28.3 Å². The van der Waals surface area contributed by atoms with Crippen molar-refractivity contribution in [1.29, 1.82) is 5.26 Å². The third kappa shape index (κ3) is 4.91. The van der Waals surface area contributed by atoms with Crippen molar-refractivity contribution in [2.75, 3.05) is 31.1 Å². The van der Waals surface area contributed by atoms with Crippen molar-refractivity contribution < 1.29 is 5.32 Å². The van der Waals surface area contributed by atoms with Gasteiger partial charge in [-0.2, -0.15) is 5.26 Å². The van der Waals surface area contributed by atoms with Gasteiger partial charge in [-0.05, 0) is 50.7 Å². The predicted molar refractivity (Wildman–Crippen MR) is 108 cm³/mol. The molecule has 2 aromatic rings. The average Bonchev–Trinajstić information content (AvgIpc) is 2.76. The Kier molecular flexibility index (Phi) is 6.92. The maximum absolute atomic E-state index is 9.18. The number of hydrogen-bond donors (Lipinski definition) is 1. The maximum Gasteiger partial charge on any atom is 0.157 e. The highest BCUT2D eigenvalue weighted by molar-refractivity contribution is 6.01. The molecule has 0 atom stereocenters. The standard InChI is InChI=1S/C16H14N5.C5H11N/c17-10-12(11-18)15-16(21-8-4-1-5-9-21)20-14-7-3-2-6-13(14)19-15;1-2-4-6-5-3-1/h2-3,6-7H,1,4-5,8-9H2;6H,1-5H2/q-1;/p+1. The van der Waals surface area contributed by atoms with Crippen LogP contribution in [-0.4, -0.2) is 42.0 Å². The molecular weight excluding hydrogens is 336 g/mol. The smallest absolute Gasteiger partial charge is 0.157 e. The molecule has 0 aliphatic carbocycles. The minimum atomic E-state index is 0.0221. The van der Waals surface area contributed by atoms with E-state index in [1.807, 2.05) is 36.2 Å². The fraction of sp³-hybridized carbons (Fsp3) is 0.476. The molecule has 0 spiro atoms. The second kappa shape index (κ2) is 9.82. The number of anilines is 1. The molecule has 2 aliphatic heterocycles. The number of quaternary nitrogens is 1. The highest BCUT2D eigenvalue weighted by atomic mass is 15.2. The molecule has 6 heteroatoms. The number of allylic oxidation sites excluding steroid dienone is 1. The monoisotopic (exact) mass is 362 g/mol. The summed E-state index contributed by atoms with van der Waals surface area (Å²) in [5.41, 5.74) is 1.92. The zero-order chi connectivity index (χ0) is 18.9. The first kappa shape index (κ1) is 19.0. The van der Waals surface area contributed by atoms with Crippen molar-refractivity contribution in [1.82, 2.24) is 9.97 Å². The summed E-state index contributed by atoms with van der Waals surface area (Å²) < 4.78 is 0. The van der Waals surface area contributed by atoms with Crippen molar-refractivity contribution in [3.8, 4) is 6.07 Å². The second-order valence-corrected chi connectivity index (χ2v) is 6.96. The third-order valence-corrected chi connectivity index (χ3v) is 4.98. The normalized spacial score (nSPS) is 16.6. The summed E-state index contributed by atoms with van der Waals surface area (Å²) in [6.07, 6.45) is 7.77. The van der Waals surface area contributed by atoms with Crippen molar-refractivity contribution in [3.63, 3.8) is 0 Å². The van der Waals surface area contributed by atoms with Crippen LogP contribution in [0.1, 0.15) is 44.2 Å². The number of fused-ring (bicyclic) bond motifs is 1. The van der Waals surface area contributed by atoms with Crippen LogP contribution in [-0.2, 0) is 0 Å². The Morgan fingerprint density at radius 1 is 0.963 bits per heavy atom. The van der Waals surface area contributed by atoms with Gasteiger partial charge in [0.2, 0.25) is 0 Å². The summed E-state index contributed by atoms with van der Waals surface area (Å²) in [6, 6.07) is 9.47. The Bertz CT molecular complexity index is 841. The first-order chi connectivity index (χ1) is 13.3. The Morgan fingerprint density at radius 2 is 1.59 bits per heavy atom. The molecule has 2 saturated heterocycles. The molecule has 2 fully saturated rings. The number of rotatable bonds is 2. The highest BCUT2D eigenvalue weighted by Crippen LogP contribution is 2.27. The Labute approximate surface area is 160 Å². The number of hydrogen-bond acceptors (Lipinski definition) is 4. The van der Waals surface area contributed by atoms with Gasteiger partial charge in [0, 0.05) is 13.1 Å². The minimum absolute atomic E-state index is 0.0221. The first-order valence-corrected chi connectivity index (χ1v) is 9.84. The highest BCUT2D eigenvalue weighted by Gasteiger charge is 2.20. The molecule has 0 unspecified atom stereocenters. The molecule has 3 heterocycles. The van der Waals surface area contributed by atoms with Crippen LogP contribution in [0, 0.1) is 11.3 Å². The Balaban J connectivity index is 0.000000299. The van der Waals surface area contributed by atoms with E-state index in [2.05, 4.69) is 20.2 Å². The molecule has 6 nitrogen and oxygen atoms in total. The van der Waals surface area contributed by atoms with Crippen LogP contribution in [0.4, 0.5) is 5.82 Å². The Hall–Kier alpha value is -2.74. The third-order valence-electron chi connectivity index (χ3n) is 4.98. The molecule has 27 heavy (non-hydrogen) atoms. The van der Waals surface area contributed by atoms with E-state index in [-0.39, 0.29) is 5.57 Å². The van der Waals surface area contributed by atoms with Gasteiger partial charge in [-0.1, -0.05) is 12.1 Å². The molecule has 1 aromatic heterocycles. The molecule has 1 aromatic carbocycles. The van der Waals surface area contributed by atoms with E-state index in [0.717, 1.165) is 31.4 Å². The van der Waals surface area contributed by atoms with E-state index < -0.39 is 0 Å². The van der Waals surface area contributed by atoms with Gasteiger partial charge >= 0.3 is 0 Å². The summed E-state index contributed by atoms with van der Waals surface area (Å²) in [7, 11) is 0. The molecule has 4 rings (SSSR count). The van der Waals surface area contributed by atoms with Gasteiger partial charge in [0.25, 0.3) is 0 Å². The number of nitrogens with zero attached hydrogens (tertiary/aromatic N) is 5. The van der Waals surface area contributed by atoms with Gasteiger partial charge in [-0.3, -0.25) is 0 Å². The lowest BCUT2D eigenvalue weighted by molar-refractivity contribution is -0.662. The van der Waals surface area contributed by atoms with Crippen LogP contribution >= 0.6 is 0 Å². The predicted octanol–water partition coefficient (Wildman–Crippen LogP) is 2.50. The molecule has 2 N–H and O–H groups in total. The van der Waals surface area contributed by atoms with Gasteiger partial charge < -0.3 is 15.6 Å². The summed E-state index contributed by atoms with van der Waals surface area (Å²) in [6.45, 7) is 4.54. The van der Waals surface area contributed by atoms with E-state index in [4.69, 9.17) is 0 Å². The van der Waals surface area contributed by atoms with Crippen molar-refractivity contribution in [2.24, 2.45) is 0 Å². The zero-order valence-corrected chi connectivity index (χ0v) is 15.7. The van der Waals surface area contributed by atoms with E-state index >= 15 is 0 Å². The molecule has 0 bridgehead atoms. The summed E-state index contributed by atoms with van der Waals surface area (Å²) in [5.74, 6) is 2.60. The van der Waals surface area contributed by atoms with E-state index in [1.165, 1.54) is 38.8 Å². The molecule has 0 radical (unpaired) electrons. The van der Waals surface area contributed by atoms with Crippen LogP contribution in [0.5, 0.6) is 0 Å². The molecule has 0 amide bonds. The summed E-state index contributed by atoms with van der Waals surface area (Å²) in [5, 5.41) is 20.7. The molecule has 0 saturated carbocycles. The lowest BCUT2D eigenvalue weighted by Crippen LogP contribution is -2.85. The second-order valence-electron chi connectivity index (χ2n) is 6.96. The number of benzene rings is 1. The average molecular weight is 362 g/mol. The lowest BCUT2D eigenvalue weighted by Gasteiger charge is -2.29. The SMILES string of the molecule is C1CC[NH2+]CC1.N#CC(=C=[N-])c1nc2ccccc2nc1N1CCCCC1. The largest absolute Gasteiger partial charge is 0.762 e. The first-order valence-electron chi connectivity index (χ1n) is 9.84. The van der Waals surface area contributed by atoms with Gasteiger partial charge in [-0.25, -0.2) is 15.8 Å². The summed E-state index contributed by atoms with van der Waals surface area (Å²) in [4.78, 5) is 11.3. The van der Waals surface area contributed by atoms with Gasteiger partial charge in [0.15, 0.2) is 5.82 Å². The molecule has 2 aliphatic rings. The topological polar surface area (TPSA) is 91.7 Å². The van der Waals surface area contributed by atoms with Gasteiger partial charge in [0.05, 0.1) is 24.1 Å². The van der Waals surface area contributed by atoms with Crippen LogP contribution in [0.2, 0.25) is 0 Å². The minimum Gasteiger partial charge on any atom is -0.762 e. The van der Waals surface area contributed by atoms with Gasteiger partial charge in [-0.15, -0.1) is 0 Å². The quantitative estimate of drug-likeness (QED) is 0.656. The number of para-hydroxylation sites is 2. The number of nitrogens with two attached hydrogens (primary N) is 1. The maximum atomic E-state index is 9.18. The number of nitriles is 1. The van der Waals surface area contributed by atoms with Crippen LogP contribution in [0.25, 0.3) is 22.0 Å². The molecule has 140 valence electrons. The fourth-order valence-corrected chi connectivity index (χ4v) is 3.51. The van der Waals surface area contributed by atoms with E-state index in [0.29, 0.717) is 17.0 Å². The number of piperidine rings is 2. The van der Waals surface area contributed by atoms with Crippen LogP contribution in [0.3, 0.4) is 0 Å². The number of aromatic nitrogens is 2. The fourth-order valence-electron chi connectivity index (χ4n) is 3.51. The zero-order valence-electron chi connectivity index (χ0n) is 15.7. The lowest BCUT2D eigenvalue weighted by atomic mass is 10.1. The van der Waals surface area contributed by atoms with E-state index in [1.54, 1.807) is 0 Å². The van der Waals surface area contributed by atoms with Crippen molar-refractivity contribution in [2.45, 2.75) is 38.5 Å². The molecular formula is C21H26N6.